The minimum absolute atomic E-state index is 0.0993. The van der Waals surface area contributed by atoms with Crippen molar-refractivity contribution < 1.29 is 23.0 Å². The molecule has 2 aromatic rings. The molecule has 2 aromatic carbocycles. The van der Waals surface area contributed by atoms with E-state index in [1.807, 2.05) is 18.2 Å². The highest BCUT2D eigenvalue weighted by Gasteiger charge is 2.21. The maximum atomic E-state index is 13.4. The molecule has 0 saturated carbocycles. The van der Waals surface area contributed by atoms with Gasteiger partial charge >= 0.3 is 6.03 Å². The van der Waals surface area contributed by atoms with Crippen LogP contribution in [0, 0.1) is 11.6 Å². The van der Waals surface area contributed by atoms with Crippen molar-refractivity contribution in [2.75, 3.05) is 33.9 Å². The van der Waals surface area contributed by atoms with Crippen molar-refractivity contribution in [2.45, 2.75) is 31.8 Å². The Labute approximate surface area is 181 Å². The van der Waals surface area contributed by atoms with Gasteiger partial charge in [-0.05, 0) is 54.7 Å². The molecule has 1 saturated heterocycles. The molecule has 2 N–H and O–H groups in total. The number of nitrogens with one attached hydrogen (secondary N) is 2. The number of carbonyl (C=O) groups is 1. The molecule has 0 aromatic heterocycles. The standard InChI is InChI=1S/C23H29F2N3O3/c1-30-21-6-4-16(14-22(21)31-2)7-10-26-23(29)27-18-8-11-28(12-9-18)15-17-3-5-19(24)20(25)13-17/h3-6,13-14,18H,7-12,15H2,1-2H3,(H2,26,27,29). The normalized spacial score (nSPS) is 14.8. The number of carbonyl (C=O) groups excluding carboxylic acids is 1. The van der Waals surface area contributed by atoms with Gasteiger partial charge in [0, 0.05) is 32.2 Å². The van der Waals surface area contributed by atoms with Gasteiger partial charge in [-0.15, -0.1) is 0 Å². The van der Waals surface area contributed by atoms with Crippen molar-refractivity contribution in [1.82, 2.24) is 15.5 Å². The van der Waals surface area contributed by atoms with Crippen LogP contribution in [-0.4, -0.2) is 50.8 Å². The van der Waals surface area contributed by atoms with E-state index in [2.05, 4.69) is 15.5 Å². The van der Waals surface area contributed by atoms with Crippen molar-refractivity contribution in [3.8, 4) is 11.5 Å². The Balaban J connectivity index is 1.36. The molecule has 1 aliphatic rings. The molecule has 168 valence electrons. The van der Waals surface area contributed by atoms with Crippen LogP contribution in [0.15, 0.2) is 36.4 Å². The Morgan fingerprint density at radius 3 is 2.39 bits per heavy atom. The first-order chi connectivity index (χ1) is 15.0. The number of urea groups is 1. The Bertz CT molecular complexity index is 886. The molecule has 31 heavy (non-hydrogen) atoms. The van der Waals surface area contributed by atoms with E-state index in [4.69, 9.17) is 9.47 Å². The van der Waals surface area contributed by atoms with Crippen molar-refractivity contribution in [2.24, 2.45) is 0 Å². The molecule has 0 aliphatic carbocycles. The molecule has 0 unspecified atom stereocenters. The highest BCUT2D eigenvalue weighted by Crippen LogP contribution is 2.27. The zero-order chi connectivity index (χ0) is 22.2. The summed E-state index contributed by atoms with van der Waals surface area (Å²) in [5.74, 6) is -0.310. The predicted octanol–water partition coefficient (Wildman–Crippen LogP) is 3.49. The van der Waals surface area contributed by atoms with Gasteiger partial charge in [-0.25, -0.2) is 13.6 Å². The molecule has 0 bridgehead atoms. The molecular formula is C23H29F2N3O3. The van der Waals surface area contributed by atoms with Crippen LogP contribution >= 0.6 is 0 Å². The van der Waals surface area contributed by atoms with E-state index >= 15 is 0 Å². The van der Waals surface area contributed by atoms with E-state index in [0.29, 0.717) is 31.0 Å². The van der Waals surface area contributed by atoms with Crippen LogP contribution in [0.3, 0.4) is 0 Å². The van der Waals surface area contributed by atoms with Gasteiger partial charge in [0.2, 0.25) is 0 Å². The fraction of sp³-hybridized carbons (Fsp3) is 0.435. The molecule has 0 radical (unpaired) electrons. The topological polar surface area (TPSA) is 62.8 Å². The average molecular weight is 433 g/mol. The maximum absolute atomic E-state index is 13.4. The lowest BCUT2D eigenvalue weighted by molar-refractivity contribution is 0.186. The van der Waals surface area contributed by atoms with Crippen LogP contribution in [0.25, 0.3) is 0 Å². The van der Waals surface area contributed by atoms with Gasteiger partial charge < -0.3 is 20.1 Å². The number of amides is 2. The smallest absolute Gasteiger partial charge is 0.315 e. The Hall–Kier alpha value is -2.87. The third-order valence-corrected chi connectivity index (χ3v) is 5.46. The maximum Gasteiger partial charge on any atom is 0.315 e. The molecule has 1 heterocycles. The summed E-state index contributed by atoms with van der Waals surface area (Å²) in [5.41, 5.74) is 1.79. The summed E-state index contributed by atoms with van der Waals surface area (Å²) in [7, 11) is 3.19. The highest BCUT2D eigenvalue weighted by atomic mass is 19.2. The van der Waals surface area contributed by atoms with Gasteiger partial charge in [0.05, 0.1) is 14.2 Å². The molecular weight excluding hydrogens is 404 g/mol. The van der Waals surface area contributed by atoms with Gasteiger partial charge in [0.1, 0.15) is 0 Å². The minimum atomic E-state index is -0.830. The van der Waals surface area contributed by atoms with Crippen molar-refractivity contribution >= 4 is 6.03 Å². The zero-order valence-electron chi connectivity index (χ0n) is 17.9. The SMILES string of the molecule is COc1ccc(CCNC(=O)NC2CCN(Cc3ccc(F)c(F)c3)CC2)cc1OC. The second kappa shape index (κ2) is 10.9. The van der Waals surface area contributed by atoms with E-state index < -0.39 is 11.6 Å². The average Bonchev–Trinajstić information content (AvgIpc) is 2.77. The lowest BCUT2D eigenvalue weighted by Gasteiger charge is -2.32. The summed E-state index contributed by atoms with van der Waals surface area (Å²) < 4.78 is 36.9. The minimum Gasteiger partial charge on any atom is -0.493 e. The molecule has 1 aliphatic heterocycles. The highest BCUT2D eigenvalue weighted by molar-refractivity contribution is 5.74. The van der Waals surface area contributed by atoms with Crippen molar-refractivity contribution in [3.05, 3.63) is 59.2 Å². The van der Waals surface area contributed by atoms with Crippen LogP contribution in [0.5, 0.6) is 11.5 Å². The van der Waals surface area contributed by atoms with E-state index in [1.165, 1.54) is 6.07 Å². The van der Waals surface area contributed by atoms with Crippen molar-refractivity contribution in [3.63, 3.8) is 0 Å². The summed E-state index contributed by atoms with van der Waals surface area (Å²) in [5, 5.41) is 5.91. The van der Waals surface area contributed by atoms with Gasteiger partial charge in [0.15, 0.2) is 23.1 Å². The first-order valence-corrected chi connectivity index (χ1v) is 10.4. The van der Waals surface area contributed by atoms with Crippen LogP contribution < -0.4 is 20.1 Å². The second-order valence-electron chi connectivity index (χ2n) is 7.64. The number of methoxy groups -OCH3 is 2. The number of hydrogen-bond acceptors (Lipinski definition) is 4. The third-order valence-electron chi connectivity index (χ3n) is 5.46. The lowest BCUT2D eigenvalue weighted by atomic mass is 10.0. The summed E-state index contributed by atoms with van der Waals surface area (Å²) in [6.07, 6.45) is 2.31. The number of nitrogens with zero attached hydrogens (tertiary/aromatic N) is 1. The van der Waals surface area contributed by atoms with Crippen molar-refractivity contribution in [1.29, 1.82) is 0 Å². The van der Waals surface area contributed by atoms with E-state index in [-0.39, 0.29) is 12.1 Å². The van der Waals surface area contributed by atoms with Crippen LogP contribution in [0.4, 0.5) is 13.6 Å². The Morgan fingerprint density at radius 1 is 1.00 bits per heavy atom. The van der Waals surface area contributed by atoms with Gasteiger partial charge in [-0.1, -0.05) is 12.1 Å². The van der Waals surface area contributed by atoms with Crippen LogP contribution in [0.1, 0.15) is 24.0 Å². The van der Waals surface area contributed by atoms with Crippen LogP contribution in [-0.2, 0) is 13.0 Å². The molecule has 6 nitrogen and oxygen atoms in total. The summed E-state index contributed by atoms with van der Waals surface area (Å²) in [6, 6.07) is 9.63. The number of piperidine rings is 1. The third kappa shape index (κ3) is 6.55. The monoisotopic (exact) mass is 433 g/mol. The Kier molecular flexibility index (Phi) is 8.06. The van der Waals surface area contributed by atoms with Gasteiger partial charge in [-0.3, -0.25) is 4.90 Å². The first kappa shape index (κ1) is 22.8. The number of hydrogen-bond donors (Lipinski definition) is 2. The Morgan fingerprint density at radius 2 is 1.71 bits per heavy atom. The number of halogens is 2. The number of rotatable bonds is 8. The quantitative estimate of drug-likeness (QED) is 0.669. The van der Waals surface area contributed by atoms with Gasteiger partial charge in [-0.2, -0.15) is 0 Å². The van der Waals surface area contributed by atoms with E-state index in [9.17, 15) is 13.6 Å². The number of likely N-dealkylation sites (tertiary alicyclic amines) is 1. The van der Waals surface area contributed by atoms with Crippen LogP contribution in [0.2, 0.25) is 0 Å². The molecule has 1 fully saturated rings. The molecule has 2 amide bonds. The second-order valence-corrected chi connectivity index (χ2v) is 7.64. The molecule has 0 spiro atoms. The fourth-order valence-corrected chi connectivity index (χ4v) is 3.72. The predicted molar refractivity (Wildman–Crippen MR) is 114 cm³/mol. The number of ether oxygens (including phenoxy) is 2. The summed E-state index contributed by atoms with van der Waals surface area (Å²) in [4.78, 5) is 14.4. The zero-order valence-corrected chi connectivity index (χ0v) is 17.9. The molecule has 0 atom stereocenters. The summed E-state index contributed by atoms with van der Waals surface area (Å²) >= 11 is 0. The molecule has 3 rings (SSSR count). The fourth-order valence-electron chi connectivity index (χ4n) is 3.72. The lowest BCUT2D eigenvalue weighted by Crippen LogP contribution is -2.48. The summed E-state index contributed by atoms with van der Waals surface area (Å²) in [6.45, 7) is 2.66. The number of benzene rings is 2. The molecule has 8 heteroatoms. The first-order valence-electron chi connectivity index (χ1n) is 10.4. The van der Waals surface area contributed by atoms with Gasteiger partial charge in [0.25, 0.3) is 0 Å². The van der Waals surface area contributed by atoms with E-state index in [0.717, 1.165) is 43.1 Å². The van der Waals surface area contributed by atoms with E-state index in [1.54, 1.807) is 20.3 Å². The largest absolute Gasteiger partial charge is 0.493 e.